The first-order chi connectivity index (χ1) is 10.1. The third-order valence-corrected chi connectivity index (χ3v) is 3.64. The minimum atomic E-state index is -1.05. The Morgan fingerprint density at radius 2 is 1.86 bits per heavy atom. The molecule has 0 fully saturated rings. The standard InChI is InChI=1S/C15H11F3N2S/c1-2-21-14-5-3-4-13(10(14)8-19)20-15-11(17)6-9(16)7-12(15)18/h3-7,20H,2H2,1H3. The summed E-state index contributed by atoms with van der Waals surface area (Å²) in [6.07, 6.45) is 0. The van der Waals surface area contributed by atoms with E-state index in [0.717, 1.165) is 5.75 Å². The van der Waals surface area contributed by atoms with Gasteiger partial charge in [0.15, 0.2) is 11.6 Å². The van der Waals surface area contributed by atoms with Gasteiger partial charge in [0.2, 0.25) is 0 Å². The number of thioether (sulfide) groups is 1. The second-order valence-electron chi connectivity index (χ2n) is 4.09. The van der Waals surface area contributed by atoms with Gasteiger partial charge in [0.1, 0.15) is 17.6 Å². The monoisotopic (exact) mass is 308 g/mol. The van der Waals surface area contributed by atoms with Crippen LogP contribution in [0.5, 0.6) is 0 Å². The lowest BCUT2D eigenvalue weighted by Crippen LogP contribution is -2.01. The van der Waals surface area contributed by atoms with E-state index in [1.54, 1.807) is 18.2 Å². The van der Waals surface area contributed by atoms with Crippen LogP contribution in [0.2, 0.25) is 0 Å². The van der Waals surface area contributed by atoms with Crippen LogP contribution in [0.3, 0.4) is 0 Å². The minimum absolute atomic E-state index is 0.278. The summed E-state index contributed by atoms with van der Waals surface area (Å²) in [5.41, 5.74) is 0.0966. The molecule has 2 nitrogen and oxygen atoms in total. The van der Waals surface area contributed by atoms with Crippen molar-refractivity contribution in [3.8, 4) is 6.07 Å². The van der Waals surface area contributed by atoms with Crippen LogP contribution < -0.4 is 5.32 Å². The van der Waals surface area contributed by atoms with Gasteiger partial charge < -0.3 is 5.32 Å². The molecule has 21 heavy (non-hydrogen) atoms. The lowest BCUT2D eigenvalue weighted by Gasteiger charge is -2.12. The van der Waals surface area contributed by atoms with Crippen molar-refractivity contribution in [1.29, 1.82) is 5.26 Å². The van der Waals surface area contributed by atoms with E-state index >= 15 is 0 Å². The SMILES string of the molecule is CCSc1cccc(Nc2c(F)cc(F)cc2F)c1C#N. The second kappa shape index (κ2) is 6.55. The second-order valence-corrected chi connectivity index (χ2v) is 5.40. The Hall–Kier alpha value is -2.13. The van der Waals surface area contributed by atoms with Gasteiger partial charge in [0.05, 0.1) is 11.3 Å². The highest BCUT2D eigenvalue weighted by Crippen LogP contribution is 2.31. The maximum Gasteiger partial charge on any atom is 0.152 e. The summed E-state index contributed by atoms with van der Waals surface area (Å²) in [4.78, 5) is 0.716. The highest BCUT2D eigenvalue weighted by Gasteiger charge is 2.15. The fourth-order valence-electron chi connectivity index (χ4n) is 1.82. The highest BCUT2D eigenvalue weighted by molar-refractivity contribution is 7.99. The Labute approximate surface area is 124 Å². The molecule has 0 amide bonds. The summed E-state index contributed by atoms with van der Waals surface area (Å²) in [6.45, 7) is 1.94. The van der Waals surface area contributed by atoms with Crippen LogP contribution >= 0.6 is 11.8 Å². The molecule has 0 spiro atoms. The number of rotatable bonds is 4. The van der Waals surface area contributed by atoms with Crippen LogP contribution in [0.1, 0.15) is 12.5 Å². The summed E-state index contributed by atoms with van der Waals surface area (Å²) < 4.78 is 40.2. The Bertz CT molecular complexity index is 688. The van der Waals surface area contributed by atoms with Gasteiger partial charge >= 0.3 is 0 Å². The predicted octanol–water partition coefficient (Wildman–Crippen LogP) is 4.83. The zero-order chi connectivity index (χ0) is 15.4. The molecular weight excluding hydrogens is 297 g/mol. The number of nitrogens with zero attached hydrogens (tertiary/aromatic N) is 1. The summed E-state index contributed by atoms with van der Waals surface area (Å²) in [5, 5.41) is 11.8. The van der Waals surface area contributed by atoms with Crippen molar-refractivity contribution in [2.45, 2.75) is 11.8 Å². The van der Waals surface area contributed by atoms with Gasteiger partial charge in [-0.05, 0) is 17.9 Å². The van der Waals surface area contributed by atoms with Crippen molar-refractivity contribution in [3.05, 3.63) is 53.3 Å². The lowest BCUT2D eigenvalue weighted by atomic mass is 10.1. The molecule has 0 aliphatic rings. The van der Waals surface area contributed by atoms with E-state index in [9.17, 15) is 18.4 Å². The number of hydrogen-bond donors (Lipinski definition) is 1. The zero-order valence-electron chi connectivity index (χ0n) is 11.1. The van der Waals surface area contributed by atoms with Crippen molar-refractivity contribution in [2.24, 2.45) is 0 Å². The highest BCUT2D eigenvalue weighted by atomic mass is 32.2. The van der Waals surface area contributed by atoms with Crippen LogP contribution in [0, 0.1) is 28.8 Å². The van der Waals surface area contributed by atoms with Gasteiger partial charge in [0.25, 0.3) is 0 Å². The van der Waals surface area contributed by atoms with Crippen molar-refractivity contribution in [2.75, 3.05) is 11.1 Å². The van der Waals surface area contributed by atoms with Crippen molar-refractivity contribution in [3.63, 3.8) is 0 Å². The van der Waals surface area contributed by atoms with Gasteiger partial charge in [-0.3, -0.25) is 0 Å². The Morgan fingerprint density at radius 1 is 1.19 bits per heavy atom. The molecular formula is C15H11F3N2S. The molecule has 2 aromatic carbocycles. The van der Waals surface area contributed by atoms with Gasteiger partial charge in [-0.25, -0.2) is 13.2 Å². The van der Waals surface area contributed by atoms with Gasteiger partial charge in [0, 0.05) is 17.0 Å². The molecule has 0 aliphatic heterocycles. The molecule has 0 saturated heterocycles. The third-order valence-electron chi connectivity index (χ3n) is 2.70. The average Bonchev–Trinajstić information content (AvgIpc) is 2.43. The van der Waals surface area contributed by atoms with Crippen LogP contribution in [-0.4, -0.2) is 5.75 Å². The Morgan fingerprint density at radius 3 is 2.43 bits per heavy atom. The van der Waals surface area contributed by atoms with Crippen LogP contribution in [0.15, 0.2) is 35.2 Å². The first-order valence-electron chi connectivity index (χ1n) is 6.14. The molecule has 0 bridgehead atoms. The van der Waals surface area contributed by atoms with Crippen LogP contribution in [0.25, 0.3) is 0 Å². The summed E-state index contributed by atoms with van der Waals surface area (Å²) in [6, 6.07) is 8.17. The molecule has 0 aliphatic carbocycles. The summed E-state index contributed by atoms with van der Waals surface area (Å²) >= 11 is 1.45. The molecule has 2 rings (SSSR count). The number of nitrogens with one attached hydrogen (secondary N) is 1. The minimum Gasteiger partial charge on any atom is -0.350 e. The normalized spacial score (nSPS) is 10.2. The molecule has 2 aromatic rings. The first kappa shape index (κ1) is 15.3. The quantitative estimate of drug-likeness (QED) is 0.822. The number of halogens is 3. The number of nitriles is 1. The Kier molecular flexibility index (Phi) is 4.76. The van der Waals surface area contributed by atoms with E-state index in [1.807, 2.05) is 13.0 Å². The van der Waals surface area contributed by atoms with E-state index in [4.69, 9.17) is 0 Å². The molecule has 0 saturated carbocycles. The largest absolute Gasteiger partial charge is 0.350 e. The van der Waals surface area contributed by atoms with E-state index in [-0.39, 0.29) is 5.69 Å². The smallest absolute Gasteiger partial charge is 0.152 e. The van der Waals surface area contributed by atoms with E-state index in [0.29, 0.717) is 22.6 Å². The number of benzene rings is 2. The molecule has 6 heteroatoms. The summed E-state index contributed by atoms with van der Waals surface area (Å²) in [7, 11) is 0. The van der Waals surface area contributed by atoms with E-state index < -0.39 is 23.1 Å². The third kappa shape index (κ3) is 3.31. The molecule has 1 N–H and O–H groups in total. The maximum absolute atomic E-state index is 13.7. The fraction of sp³-hybridized carbons (Fsp3) is 0.133. The van der Waals surface area contributed by atoms with Crippen LogP contribution in [-0.2, 0) is 0 Å². The summed E-state index contributed by atoms with van der Waals surface area (Å²) in [5.74, 6) is -2.33. The van der Waals surface area contributed by atoms with Crippen molar-refractivity contribution < 1.29 is 13.2 Å². The molecule has 0 unspecified atom stereocenters. The van der Waals surface area contributed by atoms with E-state index in [2.05, 4.69) is 5.32 Å². The first-order valence-corrected chi connectivity index (χ1v) is 7.12. The van der Waals surface area contributed by atoms with E-state index in [1.165, 1.54) is 11.8 Å². The van der Waals surface area contributed by atoms with Gasteiger partial charge in [-0.2, -0.15) is 5.26 Å². The molecule has 0 aromatic heterocycles. The molecule has 0 atom stereocenters. The maximum atomic E-state index is 13.7. The van der Waals surface area contributed by atoms with Gasteiger partial charge in [-0.1, -0.05) is 13.0 Å². The zero-order valence-corrected chi connectivity index (χ0v) is 11.9. The van der Waals surface area contributed by atoms with Crippen molar-refractivity contribution in [1.82, 2.24) is 0 Å². The molecule has 0 heterocycles. The average molecular weight is 308 g/mol. The lowest BCUT2D eigenvalue weighted by molar-refractivity contribution is 0.549. The molecule has 108 valence electrons. The van der Waals surface area contributed by atoms with Crippen molar-refractivity contribution >= 4 is 23.1 Å². The predicted molar refractivity (Wildman–Crippen MR) is 77.2 cm³/mol. The Balaban J connectivity index is 2.46. The van der Waals surface area contributed by atoms with Crippen LogP contribution in [0.4, 0.5) is 24.5 Å². The molecule has 0 radical (unpaired) electrons. The fourth-order valence-corrected chi connectivity index (χ4v) is 2.61. The number of hydrogen-bond acceptors (Lipinski definition) is 3. The van der Waals surface area contributed by atoms with Gasteiger partial charge in [-0.15, -0.1) is 11.8 Å². The number of anilines is 2. The topological polar surface area (TPSA) is 35.8 Å².